The van der Waals surface area contributed by atoms with Crippen LogP contribution in [-0.2, 0) is 9.53 Å². The van der Waals surface area contributed by atoms with Crippen molar-refractivity contribution in [2.75, 3.05) is 26.4 Å². The number of morpholine rings is 1. The second-order valence-corrected chi connectivity index (χ2v) is 4.36. The van der Waals surface area contributed by atoms with Crippen molar-refractivity contribution in [1.29, 1.82) is 0 Å². The maximum Gasteiger partial charge on any atom is 0.240 e. The highest BCUT2D eigenvalue weighted by Crippen LogP contribution is 2.31. The highest BCUT2D eigenvalue weighted by Gasteiger charge is 2.39. The quantitative estimate of drug-likeness (QED) is 0.564. The van der Waals surface area contributed by atoms with Crippen molar-refractivity contribution >= 4 is 5.91 Å². The molecule has 1 aliphatic carbocycles. The van der Waals surface area contributed by atoms with E-state index in [4.69, 9.17) is 4.74 Å². The van der Waals surface area contributed by atoms with Gasteiger partial charge in [0.2, 0.25) is 5.91 Å². The highest BCUT2D eigenvalue weighted by atomic mass is 16.5. The summed E-state index contributed by atoms with van der Waals surface area (Å²) in [5.74, 6) is -0.0524. The molecule has 1 saturated heterocycles. The zero-order chi connectivity index (χ0) is 10.7. The molecule has 3 N–H and O–H groups in total. The second kappa shape index (κ2) is 4.47. The number of aliphatic hydroxyl groups excluding tert-OH is 1. The first kappa shape index (κ1) is 10.9. The molecule has 5 heteroatoms. The Morgan fingerprint density at radius 2 is 2.40 bits per heavy atom. The van der Waals surface area contributed by atoms with Crippen LogP contribution in [0.2, 0.25) is 0 Å². The average Bonchev–Trinajstić information content (AvgIpc) is 2.24. The minimum atomic E-state index is -0.351. The lowest BCUT2D eigenvalue weighted by Crippen LogP contribution is -2.61. The SMILES string of the molecule is O=C(NC1(CO)CCC1)C1COCCN1. The van der Waals surface area contributed by atoms with Gasteiger partial charge >= 0.3 is 0 Å². The number of carbonyl (C=O) groups excluding carboxylic acids is 1. The fourth-order valence-electron chi connectivity index (χ4n) is 2.01. The Balaban J connectivity index is 1.85. The number of ether oxygens (including phenoxy) is 1. The van der Waals surface area contributed by atoms with E-state index in [-0.39, 0.29) is 24.1 Å². The summed E-state index contributed by atoms with van der Waals surface area (Å²) in [6, 6.07) is -0.261. The number of carbonyl (C=O) groups is 1. The van der Waals surface area contributed by atoms with Crippen LogP contribution in [0.4, 0.5) is 0 Å². The number of aliphatic hydroxyl groups is 1. The van der Waals surface area contributed by atoms with Gasteiger partial charge in [-0.05, 0) is 19.3 Å². The van der Waals surface area contributed by atoms with Gasteiger partial charge < -0.3 is 20.5 Å². The van der Waals surface area contributed by atoms with E-state index < -0.39 is 0 Å². The van der Waals surface area contributed by atoms with E-state index in [9.17, 15) is 9.90 Å². The van der Waals surface area contributed by atoms with Crippen LogP contribution in [0.3, 0.4) is 0 Å². The molecule has 1 atom stereocenters. The summed E-state index contributed by atoms with van der Waals surface area (Å²) in [5.41, 5.74) is -0.351. The Hall–Kier alpha value is -0.650. The van der Waals surface area contributed by atoms with Crippen LogP contribution in [0.15, 0.2) is 0 Å². The van der Waals surface area contributed by atoms with Crippen molar-refractivity contribution in [2.24, 2.45) is 0 Å². The Bertz CT molecular complexity index is 229. The van der Waals surface area contributed by atoms with Crippen molar-refractivity contribution in [3.8, 4) is 0 Å². The standard InChI is InChI=1S/C10H18N2O3/c13-7-10(2-1-3-10)12-9(14)8-6-15-5-4-11-8/h8,11,13H,1-7H2,(H,12,14). The summed E-state index contributed by atoms with van der Waals surface area (Å²) in [4.78, 5) is 11.8. The van der Waals surface area contributed by atoms with Crippen LogP contribution in [0, 0.1) is 0 Å². The molecule has 1 saturated carbocycles. The Labute approximate surface area is 89.2 Å². The van der Waals surface area contributed by atoms with Gasteiger partial charge in [0, 0.05) is 6.54 Å². The van der Waals surface area contributed by atoms with E-state index in [0.29, 0.717) is 19.8 Å². The topological polar surface area (TPSA) is 70.6 Å². The smallest absolute Gasteiger partial charge is 0.240 e. The summed E-state index contributed by atoms with van der Waals surface area (Å²) in [6.45, 7) is 1.83. The van der Waals surface area contributed by atoms with Gasteiger partial charge in [-0.25, -0.2) is 0 Å². The monoisotopic (exact) mass is 214 g/mol. The lowest BCUT2D eigenvalue weighted by atomic mass is 9.77. The zero-order valence-corrected chi connectivity index (χ0v) is 8.79. The van der Waals surface area contributed by atoms with Crippen molar-refractivity contribution in [3.05, 3.63) is 0 Å². The molecule has 1 heterocycles. The number of amides is 1. The number of hydrogen-bond acceptors (Lipinski definition) is 4. The van der Waals surface area contributed by atoms with Gasteiger partial charge in [0.25, 0.3) is 0 Å². The Morgan fingerprint density at radius 3 is 2.87 bits per heavy atom. The van der Waals surface area contributed by atoms with E-state index in [1.807, 2.05) is 0 Å². The van der Waals surface area contributed by atoms with Crippen molar-refractivity contribution in [3.63, 3.8) is 0 Å². The van der Waals surface area contributed by atoms with Crippen LogP contribution < -0.4 is 10.6 Å². The van der Waals surface area contributed by atoms with E-state index >= 15 is 0 Å². The van der Waals surface area contributed by atoms with Gasteiger partial charge in [0.1, 0.15) is 6.04 Å². The molecule has 5 nitrogen and oxygen atoms in total. The van der Waals surface area contributed by atoms with Crippen LogP contribution in [0.5, 0.6) is 0 Å². The van der Waals surface area contributed by atoms with Gasteiger partial charge in [-0.1, -0.05) is 0 Å². The van der Waals surface area contributed by atoms with Crippen LogP contribution in [0.1, 0.15) is 19.3 Å². The predicted molar refractivity (Wildman–Crippen MR) is 54.4 cm³/mol. The van der Waals surface area contributed by atoms with E-state index in [1.165, 1.54) is 0 Å². The molecule has 1 unspecified atom stereocenters. The summed E-state index contributed by atoms with van der Waals surface area (Å²) in [5, 5.41) is 15.2. The first-order chi connectivity index (χ1) is 7.26. The Kier molecular flexibility index (Phi) is 3.23. The van der Waals surface area contributed by atoms with Crippen LogP contribution in [-0.4, -0.2) is 49.0 Å². The van der Waals surface area contributed by atoms with Gasteiger partial charge in [-0.3, -0.25) is 4.79 Å². The molecule has 0 bridgehead atoms. The van der Waals surface area contributed by atoms with Gasteiger partial charge in [-0.15, -0.1) is 0 Å². The molecule has 0 radical (unpaired) electrons. The third kappa shape index (κ3) is 2.30. The molecule has 0 aromatic heterocycles. The predicted octanol–water partition coefficient (Wildman–Crippen LogP) is -0.994. The molecule has 2 aliphatic rings. The lowest BCUT2D eigenvalue weighted by Gasteiger charge is -2.42. The molecular weight excluding hydrogens is 196 g/mol. The van der Waals surface area contributed by atoms with E-state index in [1.54, 1.807) is 0 Å². The molecule has 2 rings (SSSR count). The minimum absolute atomic E-state index is 0.0340. The maximum absolute atomic E-state index is 11.8. The molecule has 1 aliphatic heterocycles. The molecule has 15 heavy (non-hydrogen) atoms. The molecule has 0 aromatic rings. The van der Waals surface area contributed by atoms with Gasteiger partial charge in [-0.2, -0.15) is 0 Å². The highest BCUT2D eigenvalue weighted by molar-refractivity contribution is 5.82. The largest absolute Gasteiger partial charge is 0.394 e. The summed E-state index contributed by atoms with van der Waals surface area (Å²) < 4.78 is 5.22. The molecule has 86 valence electrons. The summed E-state index contributed by atoms with van der Waals surface area (Å²) in [7, 11) is 0. The third-order valence-electron chi connectivity index (χ3n) is 3.24. The van der Waals surface area contributed by atoms with Crippen LogP contribution >= 0.6 is 0 Å². The van der Waals surface area contributed by atoms with Crippen molar-refractivity contribution < 1.29 is 14.6 Å². The van der Waals surface area contributed by atoms with E-state index in [0.717, 1.165) is 19.3 Å². The molecule has 0 spiro atoms. The Morgan fingerprint density at radius 1 is 1.60 bits per heavy atom. The maximum atomic E-state index is 11.8. The molecular formula is C10H18N2O3. The van der Waals surface area contributed by atoms with E-state index in [2.05, 4.69) is 10.6 Å². The lowest BCUT2D eigenvalue weighted by molar-refractivity contribution is -0.129. The van der Waals surface area contributed by atoms with Gasteiger partial charge in [0.15, 0.2) is 0 Å². The third-order valence-corrected chi connectivity index (χ3v) is 3.24. The normalized spacial score (nSPS) is 29.3. The van der Waals surface area contributed by atoms with Crippen LogP contribution in [0.25, 0.3) is 0 Å². The number of hydrogen-bond donors (Lipinski definition) is 3. The molecule has 2 fully saturated rings. The molecule has 1 amide bonds. The van der Waals surface area contributed by atoms with Gasteiger partial charge in [0.05, 0.1) is 25.4 Å². The first-order valence-electron chi connectivity index (χ1n) is 5.50. The second-order valence-electron chi connectivity index (χ2n) is 4.36. The number of nitrogens with one attached hydrogen (secondary N) is 2. The zero-order valence-electron chi connectivity index (χ0n) is 8.79. The minimum Gasteiger partial charge on any atom is -0.394 e. The first-order valence-corrected chi connectivity index (χ1v) is 5.50. The van der Waals surface area contributed by atoms with Crippen molar-refractivity contribution in [2.45, 2.75) is 30.8 Å². The average molecular weight is 214 g/mol. The fourth-order valence-corrected chi connectivity index (χ4v) is 2.01. The molecule has 0 aromatic carbocycles. The fraction of sp³-hybridized carbons (Fsp3) is 0.900. The summed E-state index contributed by atoms with van der Waals surface area (Å²) >= 11 is 0. The summed E-state index contributed by atoms with van der Waals surface area (Å²) in [6.07, 6.45) is 2.83. The van der Waals surface area contributed by atoms with Crippen molar-refractivity contribution in [1.82, 2.24) is 10.6 Å². The number of rotatable bonds is 3.